The number of para-hydroxylation sites is 1. The average molecular weight is 957 g/mol. The zero-order chi connectivity index (χ0) is 46.6. The highest BCUT2D eigenvalue weighted by Crippen LogP contribution is 2.46. The van der Waals surface area contributed by atoms with Crippen molar-refractivity contribution in [2.75, 3.05) is 40.3 Å². The number of nitrogens with one attached hydrogen (secondary N) is 4. The van der Waals surface area contributed by atoms with E-state index in [1.54, 1.807) is 26.8 Å². The number of hydrogen-bond donors (Lipinski definition) is 9. The Labute approximate surface area is 386 Å². The number of alkyl halides is 3. The first-order valence-electron chi connectivity index (χ1n) is 21.3. The second kappa shape index (κ2) is 18.2. The fourth-order valence-corrected chi connectivity index (χ4v) is 11.0. The van der Waals surface area contributed by atoms with Crippen LogP contribution in [0.5, 0.6) is 5.88 Å². The van der Waals surface area contributed by atoms with E-state index in [2.05, 4.69) is 41.2 Å². The fourth-order valence-electron chi connectivity index (χ4n) is 8.69. The summed E-state index contributed by atoms with van der Waals surface area (Å²) in [7, 11) is 0. The topological polar surface area (TPSA) is 249 Å². The molecule has 0 bridgehead atoms. The summed E-state index contributed by atoms with van der Waals surface area (Å²) in [4.78, 5) is 33.0. The van der Waals surface area contributed by atoms with Crippen molar-refractivity contribution >= 4 is 78.2 Å². The van der Waals surface area contributed by atoms with Gasteiger partial charge in [0.1, 0.15) is 45.5 Å². The average Bonchev–Trinajstić information content (AvgIpc) is 4.00. The van der Waals surface area contributed by atoms with Gasteiger partial charge in [-0.1, -0.05) is 12.1 Å². The van der Waals surface area contributed by atoms with Gasteiger partial charge in [0.2, 0.25) is 17.8 Å². The molecule has 2 aliphatic carbocycles. The Balaban J connectivity index is 1.18. The molecule has 9 N–H and O–H groups in total. The van der Waals surface area contributed by atoms with E-state index in [4.69, 9.17) is 31.3 Å². The molecule has 2 saturated carbocycles. The molecule has 8 atom stereocenters. The molecule has 5 aromatic heterocycles. The maximum Gasteiger partial charge on any atom is 0.250 e. The molecule has 2 fully saturated rings. The maximum atomic E-state index is 15.3. The Hall–Kier alpha value is -4.74. The summed E-state index contributed by atoms with van der Waals surface area (Å²) < 4.78 is 38.7. The smallest absolute Gasteiger partial charge is 0.250 e. The van der Waals surface area contributed by atoms with Gasteiger partial charge in [0, 0.05) is 24.5 Å². The lowest BCUT2D eigenvalue weighted by Crippen LogP contribution is -2.51. The first-order chi connectivity index (χ1) is 30.8. The van der Waals surface area contributed by atoms with Crippen LogP contribution in [0.25, 0.3) is 41.6 Å². The number of halogens is 3. The van der Waals surface area contributed by atoms with Crippen LogP contribution in [0.1, 0.15) is 58.3 Å². The first-order valence-corrected chi connectivity index (χ1v) is 23.4. The van der Waals surface area contributed by atoms with E-state index in [9.17, 15) is 25.5 Å². The van der Waals surface area contributed by atoms with Crippen LogP contribution in [0.2, 0.25) is 0 Å². The Morgan fingerprint density at radius 3 is 2.26 bits per heavy atom. The molecule has 0 spiro atoms. The Kier molecular flexibility index (Phi) is 13.1. The van der Waals surface area contributed by atoms with Crippen LogP contribution >= 0.6 is 34.3 Å². The second-order valence-corrected chi connectivity index (χ2v) is 19.7. The number of anilines is 4. The molecule has 22 heteroatoms. The second-order valence-electron chi connectivity index (χ2n) is 17.3. The van der Waals surface area contributed by atoms with Crippen molar-refractivity contribution in [3.63, 3.8) is 0 Å². The maximum absolute atomic E-state index is 15.3. The number of thiazole rings is 2. The van der Waals surface area contributed by atoms with Gasteiger partial charge in [0.25, 0.3) is 5.92 Å². The van der Waals surface area contributed by atoms with Gasteiger partial charge in [-0.2, -0.15) is 9.97 Å². The van der Waals surface area contributed by atoms with E-state index in [0.717, 1.165) is 17.1 Å². The molecule has 0 saturated heterocycles. The van der Waals surface area contributed by atoms with Crippen molar-refractivity contribution in [2.24, 2.45) is 11.8 Å². The van der Waals surface area contributed by atoms with E-state index < -0.39 is 59.5 Å². The molecule has 2 unspecified atom stereocenters. The van der Waals surface area contributed by atoms with E-state index in [-0.39, 0.29) is 48.5 Å². The number of aliphatic hydroxyl groups excluding tert-OH is 3. The summed E-state index contributed by atoms with van der Waals surface area (Å²) in [6.45, 7) is 9.56. The van der Waals surface area contributed by atoms with E-state index in [1.807, 2.05) is 38.1 Å². The third-order valence-electron chi connectivity index (χ3n) is 12.1. The molecule has 1 aromatic carbocycles. The van der Waals surface area contributed by atoms with Crippen LogP contribution in [0.4, 0.5) is 32.3 Å². The molecule has 6 aromatic rings. The molecular weight excluding hydrogens is 904 g/mol. The molecule has 0 radical (unpaired) electrons. The van der Waals surface area contributed by atoms with Gasteiger partial charge in [0.05, 0.1) is 67.6 Å². The van der Waals surface area contributed by atoms with Crippen molar-refractivity contribution in [1.82, 2.24) is 34.9 Å². The van der Waals surface area contributed by atoms with Crippen molar-refractivity contribution in [1.29, 1.82) is 0 Å². The monoisotopic (exact) mass is 955 g/mol. The lowest BCUT2D eigenvalue weighted by atomic mass is 9.87. The van der Waals surface area contributed by atoms with E-state index >= 15 is 8.78 Å². The van der Waals surface area contributed by atoms with Crippen LogP contribution in [0, 0.1) is 25.7 Å². The predicted octanol–water partition coefficient (Wildman–Crippen LogP) is 6.18. The largest absolute Gasteiger partial charge is 0.468 e. The van der Waals surface area contributed by atoms with Gasteiger partial charge < -0.3 is 51.5 Å². The molecule has 8 rings (SSSR count). The number of aliphatic hydroxyl groups is 5. The number of hydrogen-bond acceptors (Lipinski definition) is 19. The molecule has 0 aliphatic heterocycles. The van der Waals surface area contributed by atoms with Crippen molar-refractivity contribution in [3.05, 3.63) is 47.9 Å². The number of fused-ring (bicyclic) bond motifs is 2. The first kappa shape index (κ1) is 46.8. The molecular formula is C43H52ClF2N11O6S2. The molecule has 2 aliphatic rings. The standard InChI is InChI=1S/C43H52ClF2N11O6S2/c1-7-47-39-49-19(2)28(37-53-24-10-8-9-11-26(24)64-37)34(55-39)52-25-16-23(42(6,45)46)31(59)32(25)63-36-30-27(13-15-48-36)65-38(54-30)29-20(3)50-40(51-21(17-44)18-58)56-35(29)57-43(62)14-12-22(33(43)60)41(4,5)61/h8-11,13,15,21-23,25,31-33,58-62H,7,12,14,16-18H2,1-6H3,(H2,47,49,52,55)(H2,50,51,56,57)/t21?,22-,23?,25+,31+,32-,33+,43+/m0/s1. The van der Waals surface area contributed by atoms with E-state index in [1.165, 1.54) is 28.9 Å². The zero-order valence-electron chi connectivity index (χ0n) is 36.5. The highest BCUT2D eigenvalue weighted by atomic mass is 35.5. The third-order valence-corrected chi connectivity index (χ3v) is 14.5. The molecule has 348 valence electrons. The van der Waals surface area contributed by atoms with E-state index in [0.29, 0.717) is 62.0 Å². The number of pyridine rings is 1. The normalized spacial score (nSPS) is 24.2. The van der Waals surface area contributed by atoms with Crippen LogP contribution in [-0.2, 0) is 0 Å². The summed E-state index contributed by atoms with van der Waals surface area (Å²) in [5.74, 6) is -4.64. The number of rotatable bonds is 16. The fraction of sp³-hybridized carbons (Fsp3) is 0.512. The minimum atomic E-state index is -3.29. The van der Waals surface area contributed by atoms with Gasteiger partial charge in [0.15, 0.2) is 5.72 Å². The van der Waals surface area contributed by atoms with Gasteiger partial charge in [-0.05, 0) is 79.0 Å². The summed E-state index contributed by atoms with van der Waals surface area (Å²) in [5, 5.41) is 69.1. The number of aromatic nitrogens is 7. The molecule has 65 heavy (non-hydrogen) atoms. The number of benzene rings is 1. The zero-order valence-corrected chi connectivity index (χ0v) is 38.9. The lowest BCUT2D eigenvalue weighted by molar-refractivity contribution is -0.0927. The summed E-state index contributed by atoms with van der Waals surface area (Å²) in [5.41, 5.74) is -0.259. The summed E-state index contributed by atoms with van der Waals surface area (Å²) >= 11 is 8.72. The molecule has 5 heterocycles. The van der Waals surface area contributed by atoms with Crippen molar-refractivity contribution in [2.45, 2.75) is 108 Å². The van der Waals surface area contributed by atoms with Crippen LogP contribution in [-0.4, -0.2) is 127 Å². The van der Waals surface area contributed by atoms with Gasteiger partial charge >= 0.3 is 0 Å². The molecule has 0 amide bonds. The Morgan fingerprint density at radius 1 is 0.923 bits per heavy atom. The SMILES string of the molecule is CCNc1nc(C)c(-c2nc3ccccc3s2)c(N[C@@H]2CC(C(C)(F)F)[C@@H](O)[C@H]2Oc2nccc3sc(-c4c(C)nc(NC(CO)CCl)nc4N[C@@]4(O)CC[C@H](C(C)(C)O)[C@H]4O)nc23)n1. The number of aryl methyl sites for hydroxylation is 2. The summed E-state index contributed by atoms with van der Waals surface area (Å²) in [6, 6.07) is 7.86. The van der Waals surface area contributed by atoms with Crippen molar-refractivity contribution < 1.29 is 39.1 Å². The minimum Gasteiger partial charge on any atom is -0.468 e. The highest BCUT2D eigenvalue weighted by molar-refractivity contribution is 7.22. The van der Waals surface area contributed by atoms with Crippen molar-refractivity contribution in [3.8, 4) is 27.0 Å². The lowest BCUT2D eigenvalue weighted by Gasteiger charge is -2.34. The van der Waals surface area contributed by atoms with Gasteiger partial charge in [-0.3, -0.25) is 0 Å². The highest BCUT2D eigenvalue weighted by Gasteiger charge is 2.54. The number of nitrogens with zero attached hydrogens (tertiary/aromatic N) is 7. The third kappa shape index (κ3) is 9.34. The Bertz CT molecular complexity index is 2650. The van der Waals surface area contributed by atoms with Crippen LogP contribution in [0.3, 0.4) is 0 Å². The quantitative estimate of drug-likeness (QED) is 0.0388. The predicted molar refractivity (Wildman–Crippen MR) is 248 cm³/mol. The molecule has 17 nitrogen and oxygen atoms in total. The minimum absolute atomic E-state index is 0.0309. The Morgan fingerprint density at radius 2 is 1.60 bits per heavy atom. The van der Waals surface area contributed by atoms with Crippen LogP contribution < -0.4 is 26.0 Å². The van der Waals surface area contributed by atoms with Gasteiger partial charge in [-0.15, -0.1) is 34.3 Å². The summed E-state index contributed by atoms with van der Waals surface area (Å²) in [6.07, 6.45) is -2.66. The number of ether oxygens (including phenoxy) is 1. The van der Waals surface area contributed by atoms with Crippen LogP contribution in [0.15, 0.2) is 36.5 Å². The van der Waals surface area contributed by atoms with Gasteiger partial charge in [-0.25, -0.2) is 33.7 Å².